The molecule has 2 rings (SSSR count). The summed E-state index contributed by atoms with van der Waals surface area (Å²) in [6, 6.07) is 12.9. The van der Waals surface area contributed by atoms with Crippen LogP contribution in [0, 0.1) is 0 Å². The van der Waals surface area contributed by atoms with Crippen molar-refractivity contribution in [3.05, 3.63) is 62.5 Å². The minimum atomic E-state index is -0.149. The van der Waals surface area contributed by atoms with Gasteiger partial charge in [-0.3, -0.25) is 4.79 Å². The van der Waals surface area contributed by atoms with Gasteiger partial charge in [-0.25, -0.2) is 0 Å². The summed E-state index contributed by atoms with van der Waals surface area (Å²) in [4.78, 5) is 12.0. The minimum Gasteiger partial charge on any atom is -0.399 e. The number of nitrogens with one attached hydrogen (secondary N) is 1. The first kappa shape index (κ1) is 14.1. The van der Waals surface area contributed by atoms with E-state index in [9.17, 15) is 4.79 Å². The summed E-state index contributed by atoms with van der Waals surface area (Å²) in [6.07, 6.45) is 0. The average molecular weight is 384 g/mol. The quantitative estimate of drug-likeness (QED) is 0.793. The van der Waals surface area contributed by atoms with E-state index in [4.69, 9.17) is 5.73 Å². The van der Waals surface area contributed by atoms with Crippen molar-refractivity contribution in [3.63, 3.8) is 0 Å². The highest BCUT2D eigenvalue weighted by atomic mass is 79.9. The van der Waals surface area contributed by atoms with Gasteiger partial charge in [-0.15, -0.1) is 0 Å². The van der Waals surface area contributed by atoms with E-state index >= 15 is 0 Å². The van der Waals surface area contributed by atoms with Crippen LogP contribution in [0.1, 0.15) is 15.9 Å². The van der Waals surface area contributed by atoms with Crippen LogP contribution in [0.3, 0.4) is 0 Å². The van der Waals surface area contributed by atoms with E-state index in [1.807, 2.05) is 24.3 Å². The van der Waals surface area contributed by atoms with E-state index in [1.165, 1.54) is 0 Å². The number of benzene rings is 2. The van der Waals surface area contributed by atoms with Gasteiger partial charge in [0.2, 0.25) is 0 Å². The van der Waals surface area contributed by atoms with Gasteiger partial charge >= 0.3 is 0 Å². The van der Waals surface area contributed by atoms with Crippen LogP contribution >= 0.6 is 31.9 Å². The van der Waals surface area contributed by atoms with E-state index in [0.29, 0.717) is 17.8 Å². The molecule has 2 aromatic carbocycles. The third-order valence-corrected chi connectivity index (χ3v) is 3.81. The molecule has 3 N–H and O–H groups in total. The van der Waals surface area contributed by atoms with E-state index in [2.05, 4.69) is 37.2 Å². The number of amides is 1. The molecule has 0 aromatic heterocycles. The highest BCUT2D eigenvalue weighted by Gasteiger charge is 2.08. The molecule has 0 atom stereocenters. The summed E-state index contributed by atoms with van der Waals surface area (Å²) in [5, 5.41) is 2.87. The Morgan fingerprint density at radius 2 is 1.89 bits per heavy atom. The highest BCUT2D eigenvalue weighted by Crippen LogP contribution is 2.18. The van der Waals surface area contributed by atoms with Gasteiger partial charge in [-0.2, -0.15) is 0 Å². The molecule has 0 aliphatic carbocycles. The molecule has 5 heteroatoms. The Labute approximate surface area is 128 Å². The fraction of sp³-hybridized carbons (Fsp3) is 0.0714. The van der Waals surface area contributed by atoms with Crippen molar-refractivity contribution in [1.82, 2.24) is 5.32 Å². The van der Waals surface area contributed by atoms with E-state index in [1.54, 1.807) is 18.2 Å². The van der Waals surface area contributed by atoms with Crippen LogP contribution in [0.4, 0.5) is 5.69 Å². The predicted molar refractivity (Wildman–Crippen MR) is 83.9 cm³/mol. The Hall–Kier alpha value is -1.33. The van der Waals surface area contributed by atoms with Crippen LogP contribution < -0.4 is 11.1 Å². The summed E-state index contributed by atoms with van der Waals surface area (Å²) in [6.45, 7) is 0.465. The second-order valence-corrected chi connectivity index (χ2v) is 5.82. The SMILES string of the molecule is Nc1cc(Br)cc(C(=O)NCc2ccccc2Br)c1. The lowest BCUT2D eigenvalue weighted by Gasteiger charge is -2.08. The number of nitrogens with two attached hydrogens (primary N) is 1. The van der Waals surface area contributed by atoms with Crippen LogP contribution in [-0.4, -0.2) is 5.91 Å². The zero-order valence-electron chi connectivity index (χ0n) is 9.99. The first-order chi connectivity index (χ1) is 9.06. The predicted octanol–water partition coefficient (Wildman–Crippen LogP) is 3.72. The largest absolute Gasteiger partial charge is 0.399 e. The van der Waals surface area contributed by atoms with Gasteiger partial charge in [-0.05, 0) is 29.8 Å². The van der Waals surface area contributed by atoms with Gasteiger partial charge in [0.05, 0.1) is 0 Å². The molecule has 0 spiro atoms. The van der Waals surface area contributed by atoms with Gasteiger partial charge in [0.25, 0.3) is 5.91 Å². The van der Waals surface area contributed by atoms with Crippen molar-refractivity contribution in [2.45, 2.75) is 6.54 Å². The van der Waals surface area contributed by atoms with E-state index in [-0.39, 0.29) is 5.91 Å². The number of anilines is 1. The lowest BCUT2D eigenvalue weighted by atomic mass is 10.1. The summed E-state index contributed by atoms with van der Waals surface area (Å²) in [7, 11) is 0. The summed E-state index contributed by atoms with van der Waals surface area (Å²) < 4.78 is 1.77. The lowest BCUT2D eigenvalue weighted by Crippen LogP contribution is -2.23. The molecule has 98 valence electrons. The Bertz CT molecular complexity index is 594. The van der Waals surface area contributed by atoms with Crippen molar-refractivity contribution in [2.24, 2.45) is 0 Å². The van der Waals surface area contributed by atoms with Gasteiger partial charge in [0.1, 0.15) is 0 Å². The van der Waals surface area contributed by atoms with Crippen LogP contribution in [0.2, 0.25) is 0 Å². The molecule has 0 heterocycles. The van der Waals surface area contributed by atoms with Crippen LogP contribution in [-0.2, 0) is 6.54 Å². The Morgan fingerprint density at radius 1 is 1.16 bits per heavy atom. The number of carbonyl (C=O) groups excluding carboxylic acids is 1. The molecule has 0 unspecified atom stereocenters. The summed E-state index contributed by atoms with van der Waals surface area (Å²) >= 11 is 6.77. The topological polar surface area (TPSA) is 55.1 Å². The van der Waals surface area contributed by atoms with Gasteiger partial charge < -0.3 is 11.1 Å². The fourth-order valence-corrected chi connectivity index (χ4v) is 2.60. The van der Waals surface area contributed by atoms with Gasteiger partial charge in [0, 0.05) is 26.7 Å². The highest BCUT2D eigenvalue weighted by molar-refractivity contribution is 9.10. The van der Waals surface area contributed by atoms with Crippen LogP contribution in [0.5, 0.6) is 0 Å². The monoisotopic (exact) mass is 382 g/mol. The standard InChI is InChI=1S/C14H12Br2N2O/c15-11-5-10(6-12(17)7-11)14(19)18-8-9-3-1-2-4-13(9)16/h1-7H,8,17H2,(H,18,19). The molecule has 0 bridgehead atoms. The van der Waals surface area contributed by atoms with Crippen LogP contribution in [0.15, 0.2) is 51.4 Å². The lowest BCUT2D eigenvalue weighted by molar-refractivity contribution is 0.0951. The minimum absolute atomic E-state index is 0.149. The molecule has 3 nitrogen and oxygen atoms in total. The van der Waals surface area contributed by atoms with Crippen molar-refractivity contribution >= 4 is 43.5 Å². The zero-order valence-corrected chi connectivity index (χ0v) is 13.2. The molecule has 0 saturated carbocycles. The second kappa shape index (κ2) is 6.21. The summed E-state index contributed by atoms with van der Waals surface area (Å²) in [5.74, 6) is -0.149. The molecule has 0 radical (unpaired) electrons. The number of hydrogen-bond acceptors (Lipinski definition) is 2. The third-order valence-electron chi connectivity index (χ3n) is 2.58. The van der Waals surface area contributed by atoms with Crippen LogP contribution in [0.25, 0.3) is 0 Å². The van der Waals surface area contributed by atoms with E-state index < -0.39 is 0 Å². The maximum absolute atomic E-state index is 12.0. The molecular weight excluding hydrogens is 372 g/mol. The second-order valence-electron chi connectivity index (χ2n) is 4.05. The number of halogens is 2. The molecule has 19 heavy (non-hydrogen) atoms. The molecule has 1 amide bonds. The molecule has 0 fully saturated rings. The maximum Gasteiger partial charge on any atom is 0.251 e. The van der Waals surface area contributed by atoms with Crippen molar-refractivity contribution in [3.8, 4) is 0 Å². The van der Waals surface area contributed by atoms with Crippen molar-refractivity contribution < 1.29 is 4.79 Å². The molecular formula is C14H12Br2N2O. The first-order valence-corrected chi connectivity index (χ1v) is 7.22. The van der Waals surface area contributed by atoms with E-state index in [0.717, 1.165) is 14.5 Å². The first-order valence-electron chi connectivity index (χ1n) is 5.64. The zero-order chi connectivity index (χ0) is 13.8. The molecule has 2 aromatic rings. The number of nitrogen functional groups attached to an aromatic ring is 1. The van der Waals surface area contributed by atoms with Gasteiger partial charge in [0.15, 0.2) is 0 Å². The third kappa shape index (κ3) is 3.81. The Morgan fingerprint density at radius 3 is 2.58 bits per heavy atom. The van der Waals surface area contributed by atoms with Gasteiger partial charge in [-0.1, -0.05) is 50.1 Å². The van der Waals surface area contributed by atoms with Crippen molar-refractivity contribution in [1.29, 1.82) is 0 Å². The van der Waals surface area contributed by atoms with Crippen molar-refractivity contribution in [2.75, 3.05) is 5.73 Å². The molecule has 0 saturated heterocycles. The normalized spacial score (nSPS) is 10.2. The fourth-order valence-electron chi connectivity index (χ4n) is 1.66. The Kier molecular flexibility index (Phi) is 4.61. The summed E-state index contributed by atoms with van der Waals surface area (Å²) in [5.41, 5.74) is 7.83. The number of hydrogen-bond donors (Lipinski definition) is 2. The number of carbonyl (C=O) groups is 1. The maximum atomic E-state index is 12.0. The molecule has 0 aliphatic heterocycles. The smallest absolute Gasteiger partial charge is 0.251 e. The number of rotatable bonds is 3. The molecule has 0 aliphatic rings. The average Bonchev–Trinajstić information content (AvgIpc) is 2.36. The Balaban J connectivity index is 2.08.